The molecule has 0 aliphatic carbocycles. The quantitative estimate of drug-likeness (QED) is 0.812. The fourth-order valence-electron chi connectivity index (χ4n) is 2.09. The molecule has 108 valence electrons. The second-order valence-electron chi connectivity index (χ2n) is 4.65. The van der Waals surface area contributed by atoms with Crippen molar-refractivity contribution in [1.82, 2.24) is 14.9 Å². The fourth-order valence-corrected chi connectivity index (χ4v) is 2.09. The molecule has 1 fully saturated rings. The summed E-state index contributed by atoms with van der Waals surface area (Å²) < 4.78 is 4.59. The van der Waals surface area contributed by atoms with Crippen molar-refractivity contribution >= 4 is 17.7 Å². The summed E-state index contributed by atoms with van der Waals surface area (Å²) >= 11 is 0. The molecule has 20 heavy (non-hydrogen) atoms. The van der Waals surface area contributed by atoms with Crippen molar-refractivity contribution in [3.63, 3.8) is 0 Å². The molecule has 1 N–H and O–H groups in total. The molecule has 1 amide bonds. The Morgan fingerprint density at radius 2 is 2.05 bits per heavy atom. The molecule has 7 heteroatoms. The first-order valence-corrected chi connectivity index (χ1v) is 6.56. The average Bonchev–Trinajstić information content (AvgIpc) is 2.97. The number of aromatic nitrogens is 2. The minimum Gasteiger partial charge on any atom is -0.463 e. The number of methoxy groups -OCH3 is 1. The Bertz CT molecular complexity index is 512. The van der Waals surface area contributed by atoms with Crippen LogP contribution in [-0.4, -0.2) is 53.5 Å². The zero-order chi connectivity index (χ0) is 14.5. The number of aryl methyl sites for hydroxylation is 1. The van der Waals surface area contributed by atoms with E-state index in [0.717, 1.165) is 25.9 Å². The van der Waals surface area contributed by atoms with Crippen LogP contribution in [0.4, 0.5) is 5.82 Å². The van der Waals surface area contributed by atoms with Gasteiger partial charge in [-0.3, -0.25) is 4.79 Å². The Hall–Kier alpha value is -2.18. The summed E-state index contributed by atoms with van der Waals surface area (Å²) in [7, 11) is 1.28. The van der Waals surface area contributed by atoms with Gasteiger partial charge >= 0.3 is 5.97 Å². The topological polar surface area (TPSA) is 84.4 Å². The molecule has 0 atom stereocenters. The number of hydrogen-bond acceptors (Lipinski definition) is 6. The first-order valence-electron chi connectivity index (χ1n) is 6.56. The summed E-state index contributed by atoms with van der Waals surface area (Å²) in [5, 5.41) is 2.93. The summed E-state index contributed by atoms with van der Waals surface area (Å²) in [4.78, 5) is 33.2. The van der Waals surface area contributed by atoms with Crippen LogP contribution in [0.5, 0.6) is 0 Å². The summed E-state index contributed by atoms with van der Waals surface area (Å²) in [5.41, 5.74) is 0.636. The number of anilines is 1. The summed E-state index contributed by atoms with van der Waals surface area (Å²) in [6.07, 6.45) is 2.12. The van der Waals surface area contributed by atoms with Crippen LogP contribution in [0.15, 0.2) is 6.07 Å². The molecule has 1 saturated heterocycles. The number of carbonyl (C=O) groups is 2. The van der Waals surface area contributed by atoms with Crippen molar-refractivity contribution < 1.29 is 14.3 Å². The molecular formula is C13H18N4O3. The molecule has 0 spiro atoms. The van der Waals surface area contributed by atoms with Gasteiger partial charge in [0.15, 0.2) is 0 Å². The second-order valence-corrected chi connectivity index (χ2v) is 4.65. The van der Waals surface area contributed by atoms with E-state index >= 15 is 0 Å². The van der Waals surface area contributed by atoms with Crippen LogP contribution in [0.2, 0.25) is 0 Å². The van der Waals surface area contributed by atoms with E-state index in [-0.39, 0.29) is 18.3 Å². The zero-order valence-corrected chi connectivity index (χ0v) is 11.7. The van der Waals surface area contributed by atoms with Crippen molar-refractivity contribution in [3.8, 4) is 0 Å². The number of likely N-dealkylation sites (tertiary alicyclic amines) is 1. The number of rotatable bonds is 4. The monoisotopic (exact) mass is 278 g/mol. The van der Waals surface area contributed by atoms with Crippen LogP contribution in [0.3, 0.4) is 0 Å². The van der Waals surface area contributed by atoms with Crippen molar-refractivity contribution in [3.05, 3.63) is 17.6 Å². The van der Waals surface area contributed by atoms with Gasteiger partial charge in [-0.15, -0.1) is 0 Å². The lowest BCUT2D eigenvalue weighted by Gasteiger charge is -2.15. The number of amides is 1. The van der Waals surface area contributed by atoms with Crippen LogP contribution in [0, 0.1) is 6.92 Å². The summed E-state index contributed by atoms with van der Waals surface area (Å²) in [6.45, 7) is 3.55. The van der Waals surface area contributed by atoms with Gasteiger partial charge in [0.1, 0.15) is 5.82 Å². The Balaban J connectivity index is 2.00. The highest BCUT2D eigenvalue weighted by atomic mass is 16.5. The molecule has 2 rings (SSSR count). The van der Waals surface area contributed by atoms with Crippen LogP contribution >= 0.6 is 0 Å². The van der Waals surface area contributed by atoms with E-state index in [2.05, 4.69) is 20.0 Å². The minimum atomic E-state index is -0.595. The van der Waals surface area contributed by atoms with Gasteiger partial charge in [0.2, 0.25) is 11.7 Å². The molecule has 1 aromatic rings. The van der Waals surface area contributed by atoms with Crippen LogP contribution in [0.1, 0.15) is 29.2 Å². The second kappa shape index (κ2) is 6.31. The van der Waals surface area contributed by atoms with Gasteiger partial charge in [0.05, 0.1) is 13.7 Å². The van der Waals surface area contributed by atoms with Crippen molar-refractivity contribution in [1.29, 1.82) is 0 Å². The lowest BCUT2D eigenvalue weighted by atomic mass is 10.4. The van der Waals surface area contributed by atoms with Crippen LogP contribution in [-0.2, 0) is 9.53 Å². The number of nitrogens with one attached hydrogen (secondary N) is 1. The van der Waals surface area contributed by atoms with E-state index < -0.39 is 5.97 Å². The van der Waals surface area contributed by atoms with Crippen LogP contribution < -0.4 is 5.32 Å². The SMILES string of the molecule is COC(=O)c1nc(C)cc(NCC(=O)N2CCCC2)n1. The van der Waals surface area contributed by atoms with E-state index in [0.29, 0.717) is 11.5 Å². The number of nitrogens with zero attached hydrogens (tertiary/aromatic N) is 3. The first-order chi connectivity index (χ1) is 9.60. The smallest absolute Gasteiger partial charge is 0.376 e. The molecule has 0 unspecified atom stereocenters. The summed E-state index contributed by atoms with van der Waals surface area (Å²) in [6, 6.07) is 1.68. The third-order valence-corrected chi connectivity index (χ3v) is 3.10. The van der Waals surface area contributed by atoms with E-state index in [1.165, 1.54) is 7.11 Å². The number of esters is 1. The Kier molecular flexibility index (Phi) is 4.49. The normalized spacial score (nSPS) is 14.2. The minimum absolute atomic E-state index is 0.0105. The maximum Gasteiger partial charge on any atom is 0.376 e. The number of ether oxygens (including phenoxy) is 1. The fraction of sp³-hybridized carbons (Fsp3) is 0.538. The molecule has 1 aromatic heterocycles. The molecule has 0 aromatic carbocycles. The Morgan fingerprint density at radius 1 is 1.35 bits per heavy atom. The Labute approximate surface area is 117 Å². The van der Waals surface area contributed by atoms with Gasteiger partial charge < -0.3 is 15.0 Å². The van der Waals surface area contributed by atoms with E-state index in [4.69, 9.17) is 0 Å². The third-order valence-electron chi connectivity index (χ3n) is 3.10. The molecule has 1 aliphatic heterocycles. The van der Waals surface area contributed by atoms with Crippen molar-refractivity contribution in [2.45, 2.75) is 19.8 Å². The highest BCUT2D eigenvalue weighted by molar-refractivity contribution is 5.85. The first kappa shape index (κ1) is 14.2. The third kappa shape index (κ3) is 3.43. The van der Waals surface area contributed by atoms with Gasteiger partial charge in [0.25, 0.3) is 0 Å². The zero-order valence-electron chi connectivity index (χ0n) is 11.7. The predicted octanol–water partition coefficient (Wildman–Crippen LogP) is 0.606. The maximum atomic E-state index is 11.9. The predicted molar refractivity (Wildman–Crippen MR) is 72.4 cm³/mol. The molecule has 0 bridgehead atoms. The van der Waals surface area contributed by atoms with Gasteiger partial charge in [0, 0.05) is 24.8 Å². The molecule has 0 saturated carbocycles. The standard InChI is InChI=1S/C13H18N4O3/c1-9-7-10(16-12(15-9)13(19)20-2)14-8-11(18)17-5-3-4-6-17/h7H,3-6,8H2,1-2H3,(H,14,15,16). The highest BCUT2D eigenvalue weighted by Gasteiger charge is 2.18. The lowest BCUT2D eigenvalue weighted by molar-refractivity contribution is -0.128. The highest BCUT2D eigenvalue weighted by Crippen LogP contribution is 2.09. The molecule has 7 nitrogen and oxygen atoms in total. The Morgan fingerprint density at radius 3 is 2.70 bits per heavy atom. The van der Waals surface area contributed by atoms with Crippen molar-refractivity contribution in [2.24, 2.45) is 0 Å². The van der Waals surface area contributed by atoms with Gasteiger partial charge in [-0.25, -0.2) is 14.8 Å². The molecule has 2 heterocycles. The molecular weight excluding hydrogens is 260 g/mol. The van der Waals surface area contributed by atoms with E-state index in [9.17, 15) is 9.59 Å². The van der Waals surface area contributed by atoms with Gasteiger partial charge in [-0.1, -0.05) is 0 Å². The lowest BCUT2D eigenvalue weighted by Crippen LogP contribution is -2.33. The van der Waals surface area contributed by atoms with Gasteiger partial charge in [-0.2, -0.15) is 0 Å². The van der Waals surface area contributed by atoms with E-state index in [1.54, 1.807) is 13.0 Å². The summed E-state index contributed by atoms with van der Waals surface area (Å²) in [5.74, 6) is -0.116. The number of carbonyl (C=O) groups excluding carboxylic acids is 2. The van der Waals surface area contributed by atoms with Crippen molar-refractivity contribution in [2.75, 3.05) is 32.1 Å². The van der Waals surface area contributed by atoms with Crippen LogP contribution in [0.25, 0.3) is 0 Å². The average molecular weight is 278 g/mol. The number of hydrogen-bond donors (Lipinski definition) is 1. The largest absolute Gasteiger partial charge is 0.463 e. The van der Waals surface area contributed by atoms with E-state index in [1.807, 2.05) is 4.90 Å². The van der Waals surface area contributed by atoms with Gasteiger partial charge in [-0.05, 0) is 19.8 Å². The molecule has 0 radical (unpaired) electrons. The molecule has 1 aliphatic rings. The maximum absolute atomic E-state index is 11.9.